The minimum absolute atomic E-state index is 0.162. The molecule has 33 heavy (non-hydrogen) atoms. The van der Waals surface area contributed by atoms with Gasteiger partial charge in [-0.25, -0.2) is 4.98 Å². The van der Waals surface area contributed by atoms with Gasteiger partial charge in [-0.05, 0) is 22.6 Å². The fraction of sp³-hybridized carbons (Fsp3) is 0.261. The van der Waals surface area contributed by atoms with Crippen LogP contribution in [0.15, 0.2) is 59.4 Å². The number of nitrogens with zero attached hydrogens (tertiary/aromatic N) is 7. The normalized spacial score (nSPS) is 11.9. The Bertz CT molecular complexity index is 1400. The molecular weight excluding hydrogens is 442 g/mol. The minimum atomic E-state index is -0.222. The molecule has 0 unspecified atom stereocenters. The van der Waals surface area contributed by atoms with Crippen molar-refractivity contribution >= 4 is 17.2 Å². The highest BCUT2D eigenvalue weighted by atomic mass is 35.5. The fourth-order valence-corrected chi connectivity index (χ4v) is 3.68. The number of benzene rings is 1. The molecule has 0 spiro atoms. The number of aromatic nitrogens is 7. The number of hydrogen-bond acceptors (Lipinski definition) is 7. The first-order valence-electron chi connectivity index (χ1n) is 10.4. The first-order valence-corrected chi connectivity index (χ1v) is 10.8. The summed E-state index contributed by atoms with van der Waals surface area (Å²) in [4.78, 5) is 4.46. The van der Waals surface area contributed by atoms with E-state index in [9.17, 15) is 0 Å². The van der Waals surface area contributed by atoms with Crippen LogP contribution in [-0.2, 0) is 18.6 Å². The average Bonchev–Trinajstić information content (AvgIpc) is 3.51. The van der Waals surface area contributed by atoms with Gasteiger partial charge in [-0.15, -0.1) is 15.3 Å². The highest BCUT2D eigenvalue weighted by Crippen LogP contribution is 2.30. The summed E-state index contributed by atoms with van der Waals surface area (Å²) in [5.41, 5.74) is 2.96. The van der Waals surface area contributed by atoms with Gasteiger partial charge in [-0.3, -0.25) is 0 Å². The zero-order chi connectivity index (χ0) is 23.0. The summed E-state index contributed by atoms with van der Waals surface area (Å²) >= 11 is 5.90. The summed E-state index contributed by atoms with van der Waals surface area (Å²) < 4.78 is 14.8. The maximum atomic E-state index is 6.10. The van der Waals surface area contributed by atoms with Gasteiger partial charge in [0.2, 0.25) is 16.9 Å². The Labute approximate surface area is 195 Å². The second kappa shape index (κ2) is 8.32. The quantitative estimate of drug-likeness (QED) is 0.364. The van der Waals surface area contributed by atoms with Crippen molar-refractivity contribution in [3.8, 4) is 17.4 Å². The van der Waals surface area contributed by atoms with E-state index in [1.807, 2.05) is 30.5 Å². The van der Waals surface area contributed by atoms with Crippen LogP contribution in [-0.4, -0.2) is 34.5 Å². The smallest absolute Gasteiger partial charge is 0.232 e. The molecule has 5 aromatic rings. The summed E-state index contributed by atoms with van der Waals surface area (Å²) in [6, 6.07) is 13.7. The van der Waals surface area contributed by atoms with Crippen molar-refractivity contribution in [3.63, 3.8) is 0 Å². The molecule has 9 nitrogen and oxygen atoms in total. The molecule has 5 rings (SSSR count). The van der Waals surface area contributed by atoms with Gasteiger partial charge in [0.25, 0.3) is 0 Å². The Morgan fingerprint density at radius 2 is 1.91 bits per heavy atom. The Morgan fingerprint density at radius 1 is 1.09 bits per heavy atom. The van der Waals surface area contributed by atoms with Gasteiger partial charge in [0.1, 0.15) is 12.4 Å². The standard InChI is InChI=1S/C23H22ClN7O2/c1-23(2,3)16-11-20(28-31-21(16)26-27-22(31)17-12-18(24)33-29-17)32-14-19-25-9-10-30(19)13-15-7-5-4-6-8-15/h4-12H,13-14H2,1-3H3. The van der Waals surface area contributed by atoms with Crippen molar-refractivity contribution in [1.29, 1.82) is 0 Å². The van der Waals surface area contributed by atoms with Gasteiger partial charge in [-0.2, -0.15) is 4.52 Å². The van der Waals surface area contributed by atoms with Crippen molar-refractivity contribution in [3.05, 3.63) is 77.0 Å². The summed E-state index contributed by atoms with van der Waals surface area (Å²) in [7, 11) is 0. The zero-order valence-electron chi connectivity index (χ0n) is 18.4. The summed E-state index contributed by atoms with van der Waals surface area (Å²) in [5.74, 6) is 1.64. The third-order valence-electron chi connectivity index (χ3n) is 5.21. The Kier molecular flexibility index (Phi) is 5.33. The Hall–Kier alpha value is -3.72. The molecule has 4 aromatic heterocycles. The lowest BCUT2D eigenvalue weighted by atomic mass is 9.88. The maximum Gasteiger partial charge on any atom is 0.232 e. The lowest BCUT2D eigenvalue weighted by molar-refractivity contribution is 0.274. The number of rotatable bonds is 6. The highest BCUT2D eigenvalue weighted by molar-refractivity contribution is 6.29. The third kappa shape index (κ3) is 4.31. The Balaban J connectivity index is 1.47. The fourth-order valence-electron chi connectivity index (χ4n) is 3.54. The molecule has 0 N–H and O–H groups in total. The van der Waals surface area contributed by atoms with E-state index in [1.54, 1.807) is 16.8 Å². The number of fused-ring (bicyclic) bond motifs is 1. The molecule has 0 amide bonds. The SMILES string of the molecule is CC(C)(C)c1cc(OCc2nccn2Cc2ccccc2)nn2c(-c3cc(Cl)on3)nnc12. The molecule has 0 aliphatic heterocycles. The molecule has 0 atom stereocenters. The van der Waals surface area contributed by atoms with Gasteiger partial charge in [0, 0.05) is 36.6 Å². The second-order valence-electron chi connectivity index (χ2n) is 8.67. The zero-order valence-corrected chi connectivity index (χ0v) is 19.2. The van der Waals surface area contributed by atoms with Crippen LogP contribution in [0, 0.1) is 0 Å². The topological polar surface area (TPSA) is 96.2 Å². The first kappa shape index (κ1) is 21.1. The van der Waals surface area contributed by atoms with E-state index in [0.29, 0.717) is 29.6 Å². The van der Waals surface area contributed by atoms with Crippen molar-refractivity contribution < 1.29 is 9.26 Å². The van der Waals surface area contributed by atoms with Crippen LogP contribution >= 0.6 is 11.6 Å². The number of hydrogen-bond donors (Lipinski definition) is 0. The van der Waals surface area contributed by atoms with Crippen LogP contribution in [0.2, 0.25) is 5.22 Å². The summed E-state index contributed by atoms with van der Waals surface area (Å²) in [6.45, 7) is 7.26. The molecule has 10 heteroatoms. The van der Waals surface area contributed by atoms with Gasteiger partial charge in [-0.1, -0.05) is 56.3 Å². The molecule has 0 radical (unpaired) electrons. The lowest BCUT2D eigenvalue weighted by Gasteiger charge is -2.20. The van der Waals surface area contributed by atoms with Crippen LogP contribution in [0.5, 0.6) is 5.88 Å². The predicted octanol–water partition coefficient (Wildman–Crippen LogP) is 4.55. The van der Waals surface area contributed by atoms with Crippen molar-refractivity contribution in [2.24, 2.45) is 0 Å². The van der Waals surface area contributed by atoms with Crippen LogP contribution < -0.4 is 4.74 Å². The van der Waals surface area contributed by atoms with E-state index in [-0.39, 0.29) is 17.2 Å². The monoisotopic (exact) mass is 463 g/mol. The van der Waals surface area contributed by atoms with Crippen LogP contribution in [0.25, 0.3) is 17.2 Å². The van der Waals surface area contributed by atoms with Gasteiger partial charge in [0.05, 0.1) is 0 Å². The van der Waals surface area contributed by atoms with Crippen molar-refractivity contribution in [2.45, 2.75) is 39.3 Å². The molecule has 0 bridgehead atoms. The molecule has 0 aliphatic carbocycles. The van der Waals surface area contributed by atoms with E-state index < -0.39 is 0 Å². The molecule has 4 heterocycles. The third-order valence-corrected chi connectivity index (χ3v) is 5.39. The van der Waals surface area contributed by atoms with Crippen LogP contribution in [0.4, 0.5) is 0 Å². The largest absolute Gasteiger partial charge is 0.468 e. The first-order chi connectivity index (χ1) is 15.9. The second-order valence-corrected chi connectivity index (χ2v) is 9.04. The van der Waals surface area contributed by atoms with Crippen LogP contribution in [0.3, 0.4) is 0 Å². The van der Waals surface area contributed by atoms with Gasteiger partial charge < -0.3 is 13.8 Å². The minimum Gasteiger partial charge on any atom is -0.468 e. The van der Waals surface area contributed by atoms with Crippen molar-refractivity contribution in [2.75, 3.05) is 0 Å². The molecule has 168 valence electrons. The van der Waals surface area contributed by atoms with E-state index in [4.69, 9.17) is 20.9 Å². The van der Waals surface area contributed by atoms with Gasteiger partial charge >= 0.3 is 0 Å². The number of imidazole rings is 1. The van der Waals surface area contributed by atoms with Crippen LogP contribution in [0.1, 0.15) is 37.7 Å². The van der Waals surface area contributed by atoms with E-state index in [1.165, 1.54) is 5.56 Å². The van der Waals surface area contributed by atoms with E-state index in [2.05, 4.69) is 62.9 Å². The molecule has 0 aliphatic rings. The molecule has 0 fully saturated rings. The lowest BCUT2D eigenvalue weighted by Crippen LogP contribution is -2.16. The maximum absolute atomic E-state index is 6.10. The van der Waals surface area contributed by atoms with Gasteiger partial charge in [0.15, 0.2) is 11.3 Å². The predicted molar refractivity (Wildman–Crippen MR) is 122 cm³/mol. The molecule has 1 aromatic carbocycles. The van der Waals surface area contributed by atoms with E-state index in [0.717, 1.165) is 11.4 Å². The van der Waals surface area contributed by atoms with E-state index >= 15 is 0 Å². The molecule has 0 saturated heterocycles. The van der Waals surface area contributed by atoms with Crippen molar-refractivity contribution in [1.82, 2.24) is 34.5 Å². The molecular formula is C23H22ClN7O2. The summed E-state index contributed by atoms with van der Waals surface area (Å²) in [6.07, 6.45) is 3.71. The summed E-state index contributed by atoms with van der Waals surface area (Å²) in [5, 5.41) is 17.3. The molecule has 0 saturated carbocycles. The highest BCUT2D eigenvalue weighted by Gasteiger charge is 2.24. The Morgan fingerprint density at radius 3 is 2.64 bits per heavy atom. The average molecular weight is 464 g/mol. The number of halogens is 1. The number of ether oxygens (including phenoxy) is 1.